The summed E-state index contributed by atoms with van der Waals surface area (Å²) in [4.78, 5) is 27.5. The Morgan fingerprint density at radius 2 is 1.81 bits per heavy atom. The quantitative estimate of drug-likeness (QED) is 0.632. The fourth-order valence-corrected chi connectivity index (χ4v) is 4.91. The lowest BCUT2D eigenvalue weighted by atomic mass is 10.3. The SMILES string of the molecule is CCN(Cc1cccs1)C(=O)Cn1cc(S(=O)(=O)N(CC)CC)ccc1=O. The van der Waals surface area contributed by atoms with Gasteiger partial charge in [0.1, 0.15) is 6.54 Å². The fraction of sp³-hybridized carbons (Fsp3) is 0.444. The van der Waals surface area contributed by atoms with Gasteiger partial charge in [0.15, 0.2) is 0 Å². The molecular weight excluding hydrogens is 386 g/mol. The van der Waals surface area contributed by atoms with E-state index >= 15 is 0 Å². The van der Waals surface area contributed by atoms with Crippen molar-refractivity contribution >= 4 is 27.3 Å². The number of likely N-dealkylation sites (N-methyl/N-ethyl adjacent to an activating group) is 1. The van der Waals surface area contributed by atoms with E-state index < -0.39 is 15.6 Å². The van der Waals surface area contributed by atoms with Gasteiger partial charge in [0.25, 0.3) is 5.56 Å². The minimum Gasteiger partial charge on any atom is -0.336 e. The second-order valence-electron chi connectivity index (χ2n) is 5.91. The first kappa shape index (κ1) is 21.3. The van der Waals surface area contributed by atoms with Gasteiger partial charge >= 0.3 is 0 Å². The van der Waals surface area contributed by atoms with Crippen LogP contribution in [0.5, 0.6) is 0 Å². The van der Waals surface area contributed by atoms with Gasteiger partial charge in [-0.3, -0.25) is 9.59 Å². The van der Waals surface area contributed by atoms with E-state index in [4.69, 9.17) is 0 Å². The molecule has 0 bridgehead atoms. The summed E-state index contributed by atoms with van der Waals surface area (Å²) in [5, 5.41) is 1.94. The van der Waals surface area contributed by atoms with E-state index in [1.807, 2.05) is 24.4 Å². The molecule has 1 amide bonds. The molecule has 2 rings (SSSR count). The van der Waals surface area contributed by atoms with Crippen molar-refractivity contribution in [3.8, 4) is 0 Å². The van der Waals surface area contributed by atoms with Crippen LogP contribution in [-0.4, -0.2) is 47.7 Å². The van der Waals surface area contributed by atoms with Crippen LogP contribution in [-0.2, 0) is 27.9 Å². The summed E-state index contributed by atoms with van der Waals surface area (Å²) in [7, 11) is -3.69. The zero-order valence-electron chi connectivity index (χ0n) is 15.8. The lowest BCUT2D eigenvalue weighted by Crippen LogP contribution is -2.36. The van der Waals surface area contributed by atoms with Crippen molar-refractivity contribution in [2.45, 2.75) is 38.8 Å². The van der Waals surface area contributed by atoms with E-state index in [2.05, 4.69) is 0 Å². The first-order valence-corrected chi connectivity index (χ1v) is 11.2. The molecule has 0 aliphatic rings. The summed E-state index contributed by atoms with van der Waals surface area (Å²) >= 11 is 1.56. The molecule has 0 unspecified atom stereocenters. The summed E-state index contributed by atoms with van der Waals surface area (Å²) in [5.41, 5.74) is -0.408. The van der Waals surface area contributed by atoms with Crippen molar-refractivity contribution in [1.29, 1.82) is 0 Å². The summed E-state index contributed by atoms with van der Waals surface area (Å²) in [6.07, 6.45) is 1.26. The Labute approximate surface area is 163 Å². The number of thiophene rings is 1. The van der Waals surface area contributed by atoms with Crippen molar-refractivity contribution in [2.75, 3.05) is 19.6 Å². The molecule has 0 fully saturated rings. The van der Waals surface area contributed by atoms with Crippen LogP contribution in [0.25, 0.3) is 0 Å². The maximum atomic E-state index is 12.7. The molecule has 0 aliphatic carbocycles. The molecule has 0 atom stereocenters. The average molecular weight is 412 g/mol. The Morgan fingerprint density at radius 3 is 2.37 bits per heavy atom. The van der Waals surface area contributed by atoms with Crippen LogP contribution in [0.4, 0.5) is 0 Å². The standard InChI is InChI=1S/C18H25N3O4S2/c1-4-19(12-15-8-7-11-26-15)18(23)14-20-13-16(9-10-17(20)22)27(24,25)21(5-2)6-3/h7-11,13H,4-6,12,14H2,1-3H3. The monoisotopic (exact) mass is 411 g/mol. The Bertz CT molecular complexity index is 916. The molecule has 148 valence electrons. The predicted molar refractivity (Wildman–Crippen MR) is 106 cm³/mol. The third-order valence-electron chi connectivity index (χ3n) is 4.27. The van der Waals surface area contributed by atoms with Crippen LogP contribution in [0.1, 0.15) is 25.6 Å². The van der Waals surface area contributed by atoms with E-state index in [9.17, 15) is 18.0 Å². The van der Waals surface area contributed by atoms with Crippen molar-refractivity contribution < 1.29 is 13.2 Å². The van der Waals surface area contributed by atoms with Gasteiger partial charge in [-0.05, 0) is 24.4 Å². The van der Waals surface area contributed by atoms with Gasteiger partial charge in [0.2, 0.25) is 15.9 Å². The Morgan fingerprint density at radius 1 is 1.11 bits per heavy atom. The molecule has 7 nitrogen and oxygen atoms in total. The molecule has 0 N–H and O–H groups in total. The lowest BCUT2D eigenvalue weighted by Gasteiger charge is -2.21. The van der Waals surface area contributed by atoms with Gasteiger partial charge in [0, 0.05) is 36.8 Å². The summed E-state index contributed by atoms with van der Waals surface area (Å²) in [6.45, 7) is 6.83. The first-order valence-electron chi connectivity index (χ1n) is 8.84. The molecule has 0 saturated carbocycles. The van der Waals surface area contributed by atoms with E-state index in [0.29, 0.717) is 26.2 Å². The number of rotatable bonds is 9. The third kappa shape index (κ3) is 5.06. The molecule has 9 heteroatoms. The number of amides is 1. The number of sulfonamides is 1. The molecule has 2 heterocycles. The van der Waals surface area contributed by atoms with Crippen molar-refractivity contribution in [3.63, 3.8) is 0 Å². The molecule has 0 spiro atoms. The average Bonchev–Trinajstić information content (AvgIpc) is 3.15. The predicted octanol–water partition coefficient (Wildman–Crippen LogP) is 1.99. The van der Waals surface area contributed by atoms with Gasteiger partial charge < -0.3 is 9.47 Å². The smallest absolute Gasteiger partial charge is 0.251 e. The second-order valence-corrected chi connectivity index (χ2v) is 8.88. The van der Waals surface area contributed by atoms with Crippen LogP contribution in [0.3, 0.4) is 0 Å². The number of hydrogen-bond donors (Lipinski definition) is 0. The number of pyridine rings is 1. The Kier molecular flexibility index (Phi) is 7.34. The van der Waals surface area contributed by atoms with Gasteiger partial charge in [-0.1, -0.05) is 19.9 Å². The Hall–Kier alpha value is -1.97. The molecule has 0 saturated heterocycles. The van der Waals surface area contributed by atoms with E-state index in [0.717, 1.165) is 9.44 Å². The van der Waals surface area contributed by atoms with Gasteiger partial charge in [-0.2, -0.15) is 4.31 Å². The number of hydrogen-bond acceptors (Lipinski definition) is 5. The topological polar surface area (TPSA) is 79.7 Å². The van der Waals surface area contributed by atoms with E-state index in [-0.39, 0.29) is 17.3 Å². The second kappa shape index (κ2) is 9.29. The highest BCUT2D eigenvalue weighted by Gasteiger charge is 2.23. The van der Waals surface area contributed by atoms with Crippen LogP contribution < -0.4 is 5.56 Å². The van der Waals surface area contributed by atoms with Gasteiger partial charge in [-0.25, -0.2) is 8.42 Å². The summed E-state index contributed by atoms with van der Waals surface area (Å²) in [5.74, 6) is -0.231. The van der Waals surface area contributed by atoms with E-state index in [1.54, 1.807) is 30.1 Å². The maximum absolute atomic E-state index is 12.7. The van der Waals surface area contributed by atoms with Crippen molar-refractivity contribution in [2.24, 2.45) is 0 Å². The summed E-state index contributed by atoms with van der Waals surface area (Å²) in [6, 6.07) is 6.35. The van der Waals surface area contributed by atoms with Crippen LogP contribution >= 0.6 is 11.3 Å². The minimum atomic E-state index is -3.69. The molecule has 0 radical (unpaired) electrons. The lowest BCUT2D eigenvalue weighted by molar-refractivity contribution is -0.132. The van der Waals surface area contributed by atoms with Crippen LogP contribution in [0, 0.1) is 0 Å². The zero-order chi connectivity index (χ0) is 20.0. The normalized spacial score (nSPS) is 11.7. The highest BCUT2D eigenvalue weighted by Crippen LogP contribution is 2.15. The number of nitrogens with zero attached hydrogens (tertiary/aromatic N) is 3. The first-order chi connectivity index (χ1) is 12.8. The third-order valence-corrected chi connectivity index (χ3v) is 7.16. The van der Waals surface area contributed by atoms with Crippen LogP contribution in [0.15, 0.2) is 45.5 Å². The van der Waals surface area contributed by atoms with Gasteiger partial charge in [0.05, 0.1) is 11.4 Å². The highest BCUT2D eigenvalue weighted by atomic mass is 32.2. The zero-order valence-corrected chi connectivity index (χ0v) is 17.4. The largest absolute Gasteiger partial charge is 0.336 e. The number of aromatic nitrogens is 1. The van der Waals surface area contributed by atoms with Gasteiger partial charge in [-0.15, -0.1) is 11.3 Å². The molecule has 2 aromatic heterocycles. The molecule has 2 aromatic rings. The Balaban J connectivity index is 2.25. The van der Waals surface area contributed by atoms with Crippen molar-refractivity contribution in [3.05, 3.63) is 51.1 Å². The van der Waals surface area contributed by atoms with Crippen LogP contribution in [0.2, 0.25) is 0 Å². The molecule has 0 aromatic carbocycles. The maximum Gasteiger partial charge on any atom is 0.251 e. The summed E-state index contributed by atoms with van der Waals surface area (Å²) < 4.78 is 27.8. The minimum absolute atomic E-state index is 0.0138. The molecular formula is C18H25N3O4S2. The molecule has 27 heavy (non-hydrogen) atoms. The number of carbonyl (C=O) groups excluding carboxylic acids is 1. The van der Waals surface area contributed by atoms with E-state index in [1.165, 1.54) is 22.6 Å². The van der Waals surface area contributed by atoms with Crippen molar-refractivity contribution in [1.82, 2.24) is 13.8 Å². The fourth-order valence-electron chi connectivity index (χ4n) is 2.71. The highest BCUT2D eigenvalue weighted by molar-refractivity contribution is 7.89. The number of carbonyl (C=O) groups is 1. The molecule has 0 aliphatic heterocycles.